The maximum Gasteiger partial charge on any atom is 0.308 e. The Morgan fingerprint density at radius 1 is 0.825 bits per heavy atom. The average molecular weight is 609 g/mol. The van der Waals surface area contributed by atoms with Crippen LogP contribution in [0.3, 0.4) is 0 Å². The first kappa shape index (κ1) is 36.6. The molecule has 0 aliphatic carbocycles. The molecule has 0 spiro atoms. The standard InChI is InChI=1S/C17H16O4S.C7H6OS.C4H11N.H3NO2S/c1-2-16(18)19-12-20-17(22)13-8-10-15(11-9-13)21-14-6-4-3-5-7-14;8-7(9)6-4-2-1-3-5-6;1-2-3-4-5;1-4(2)3/h3-11H,2,12H2,1H3;1-5H,(H,8,9);2-5H2,1H3;4H,(H2,1,2,3). The molecular formula is C28H36N2O7S3. The molecule has 12 heteroatoms. The zero-order valence-electron chi connectivity index (χ0n) is 22.4. The molecule has 40 heavy (non-hydrogen) atoms. The van der Waals surface area contributed by atoms with Crippen LogP contribution in [-0.4, -0.2) is 42.9 Å². The number of thiocarbonyl (C=S) groups is 2. The zero-order chi connectivity index (χ0) is 30.2. The van der Waals surface area contributed by atoms with Gasteiger partial charge in [-0.3, -0.25) is 4.79 Å². The van der Waals surface area contributed by atoms with Crippen LogP contribution in [0.25, 0.3) is 0 Å². The second-order valence-electron chi connectivity index (χ2n) is 7.46. The molecule has 0 atom stereocenters. The highest BCUT2D eigenvalue weighted by molar-refractivity contribution is 7.80. The number of hydrogen-bond donors (Lipinski definition) is 4. The highest BCUT2D eigenvalue weighted by Gasteiger charge is 2.05. The average Bonchev–Trinajstić information content (AvgIpc) is 2.95. The summed E-state index contributed by atoms with van der Waals surface area (Å²) in [6.45, 7) is 4.52. The highest BCUT2D eigenvalue weighted by atomic mass is 32.2. The summed E-state index contributed by atoms with van der Waals surface area (Å²) in [5, 5.41) is 13.0. The van der Waals surface area contributed by atoms with Crippen molar-refractivity contribution in [2.24, 2.45) is 10.9 Å². The smallest absolute Gasteiger partial charge is 0.308 e. The Morgan fingerprint density at radius 2 is 1.32 bits per heavy atom. The van der Waals surface area contributed by atoms with E-state index in [0.717, 1.165) is 17.9 Å². The Hall–Kier alpha value is -3.42. The third kappa shape index (κ3) is 19.6. The number of thiol groups is 1. The van der Waals surface area contributed by atoms with E-state index in [1.807, 2.05) is 48.5 Å². The molecule has 0 saturated carbocycles. The number of nitrogens with two attached hydrogens (primary N) is 2. The van der Waals surface area contributed by atoms with Crippen LogP contribution in [0.1, 0.15) is 44.2 Å². The Balaban J connectivity index is 0.000000689. The molecule has 0 unspecified atom stereocenters. The molecule has 5 N–H and O–H groups in total. The van der Waals surface area contributed by atoms with Gasteiger partial charge in [0.15, 0.2) is 21.0 Å². The minimum atomic E-state index is -2.62. The Bertz CT molecular complexity index is 1180. The summed E-state index contributed by atoms with van der Waals surface area (Å²) in [4.78, 5) is 11.0. The number of hydrogen-bond acceptors (Lipinski definition) is 9. The fourth-order valence-corrected chi connectivity index (χ4v) is 2.72. The van der Waals surface area contributed by atoms with Gasteiger partial charge in [-0.2, -0.15) is 0 Å². The molecule has 3 rings (SSSR count). The molecular weight excluding hydrogens is 573 g/mol. The summed E-state index contributed by atoms with van der Waals surface area (Å²) >= 11 is 9.65. The van der Waals surface area contributed by atoms with Crippen LogP contribution < -0.4 is 15.6 Å². The fraction of sp³-hybridized carbons (Fsp3) is 0.250. The van der Waals surface area contributed by atoms with Crippen molar-refractivity contribution in [3.63, 3.8) is 0 Å². The number of unbranched alkanes of at least 4 members (excludes halogenated alkanes) is 1. The predicted molar refractivity (Wildman–Crippen MR) is 166 cm³/mol. The van der Waals surface area contributed by atoms with Crippen LogP contribution in [0, 0.1) is 0 Å². The van der Waals surface area contributed by atoms with Crippen molar-refractivity contribution in [1.29, 1.82) is 0 Å². The lowest BCUT2D eigenvalue weighted by atomic mass is 10.2. The first-order chi connectivity index (χ1) is 19.1. The van der Waals surface area contributed by atoms with Crippen molar-refractivity contribution in [2.75, 3.05) is 13.3 Å². The molecule has 3 aromatic carbocycles. The largest absolute Gasteiger partial charge is 0.499 e. The van der Waals surface area contributed by atoms with Crippen molar-refractivity contribution in [3.8, 4) is 11.5 Å². The van der Waals surface area contributed by atoms with Gasteiger partial charge in [-0.05, 0) is 73.8 Å². The summed E-state index contributed by atoms with van der Waals surface area (Å²) < 4.78 is 33.3. The molecule has 218 valence electrons. The minimum absolute atomic E-state index is 0.0457. The topological polar surface area (TPSA) is 151 Å². The molecule has 0 saturated heterocycles. The number of esters is 1. The Morgan fingerprint density at radius 3 is 1.73 bits per heavy atom. The normalized spacial score (nSPS) is 9.32. The Kier molecular flexibility index (Phi) is 21.5. The number of carbonyl (C=O) groups is 1. The molecule has 0 aliphatic rings. The predicted octanol–water partition coefficient (Wildman–Crippen LogP) is 5.22. The van der Waals surface area contributed by atoms with Crippen molar-refractivity contribution < 1.29 is 32.5 Å². The van der Waals surface area contributed by atoms with Gasteiger partial charge in [-0.1, -0.05) is 68.8 Å². The summed E-state index contributed by atoms with van der Waals surface area (Å²) in [5.41, 5.74) is 6.57. The van der Waals surface area contributed by atoms with Gasteiger partial charge in [0, 0.05) is 17.5 Å². The van der Waals surface area contributed by atoms with Crippen LogP contribution in [0.15, 0.2) is 84.9 Å². The maximum atomic E-state index is 11.0. The second kappa shape index (κ2) is 23.5. The van der Waals surface area contributed by atoms with Crippen LogP contribution in [0.5, 0.6) is 11.5 Å². The summed E-state index contributed by atoms with van der Waals surface area (Å²) in [6.07, 6.45) is 2.69. The van der Waals surface area contributed by atoms with E-state index in [-0.39, 0.29) is 22.9 Å². The number of aliphatic hydroxyl groups is 1. The third-order valence-corrected chi connectivity index (χ3v) is 4.94. The molecule has 0 bridgehead atoms. The SMILES string of the molecule is CCC(=O)OCOC(=S)c1ccc(Oc2ccccc2)cc1.CCCCN.N[SH](=O)=O.OC(=S)c1ccccc1. The molecule has 0 aromatic heterocycles. The number of para-hydroxylation sites is 1. The van der Waals surface area contributed by atoms with Crippen LogP contribution in [0.4, 0.5) is 0 Å². The summed E-state index contributed by atoms with van der Waals surface area (Å²) in [7, 11) is -2.62. The van der Waals surface area contributed by atoms with Gasteiger partial charge in [0.25, 0.3) is 0 Å². The van der Waals surface area contributed by atoms with E-state index in [1.165, 1.54) is 12.8 Å². The van der Waals surface area contributed by atoms with Gasteiger partial charge < -0.3 is 25.1 Å². The van der Waals surface area contributed by atoms with Gasteiger partial charge >= 0.3 is 5.97 Å². The third-order valence-electron chi connectivity index (χ3n) is 4.35. The monoisotopic (exact) mass is 608 g/mol. The van der Waals surface area contributed by atoms with E-state index in [0.29, 0.717) is 17.7 Å². The quantitative estimate of drug-likeness (QED) is 0.110. The van der Waals surface area contributed by atoms with Gasteiger partial charge in [0.2, 0.25) is 6.79 Å². The number of ether oxygens (including phenoxy) is 3. The van der Waals surface area contributed by atoms with Crippen LogP contribution in [0.2, 0.25) is 0 Å². The van der Waals surface area contributed by atoms with Crippen LogP contribution >= 0.6 is 24.4 Å². The lowest BCUT2D eigenvalue weighted by Crippen LogP contribution is -2.11. The lowest BCUT2D eigenvalue weighted by molar-refractivity contribution is -0.150. The fourth-order valence-electron chi connectivity index (χ4n) is 2.40. The molecule has 0 fully saturated rings. The van der Waals surface area contributed by atoms with Crippen molar-refractivity contribution in [2.45, 2.75) is 33.1 Å². The van der Waals surface area contributed by atoms with E-state index >= 15 is 0 Å². The van der Waals surface area contributed by atoms with Gasteiger partial charge in [0.05, 0.1) is 0 Å². The molecule has 3 aromatic rings. The zero-order valence-corrected chi connectivity index (χ0v) is 25.0. The van der Waals surface area contributed by atoms with Crippen molar-refractivity contribution >= 4 is 51.4 Å². The molecule has 9 nitrogen and oxygen atoms in total. The van der Waals surface area contributed by atoms with Gasteiger partial charge in [0.1, 0.15) is 11.5 Å². The molecule has 0 aliphatic heterocycles. The van der Waals surface area contributed by atoms with Crippen molar-refractivity contribution in [3.05, 3.63) is 96.1 Å². The second-order valence-corrected chi connectivity index (χ2v) is 8.79. The van der Waals surface area contributed by atoms with E-state index in [9.17, 15) is 4.79 Å². The van der Waals surface area contributed by atoms with E-state index in [2.05, 4.69) is 24.3 Å². The summed E-state index contributed by atoms with van der Waals surface area (Å²) in [5.74, 6) is 1.14. The minimum Gasteiger partial charge on any atom is -0.499 e. The number of aliphatic hydroxyl groups excluding tert-OH is 1. The summed E-state index contributed by atoms with van der Waals surface area (Å²) in [6, 6.07) is 25.8. The maximum absolute atomic E-state index is 11.0. The van der Waals surface area contributed by atoms with Crippen molar-refractivity contribution in [1.82, 2.24) is 0 Å². The number of rotatable bonds is 9. The van der Waals surface area contributed by atoms with E-state index < -0.39 is 10.9 Å². The van der Waals surface area contributed by atoms with E-state index in [1.54, 1.807) is 43.3 Å². The first-order valence-electron chi connectivity index (χ1n) is 12.2. The molecule has 0 radical (unpaired) electrons. The Labute approximate surface area is 248 Å². The van der Waals surface area contributed by atoms with Crippen LogP contribution in [-0.2, 0) is 25.2 Å². The molecule has 0 amide bonds. The van der Waals surface area contributed by atoms with Gasteiger partial charge in [-0.15, -0.1) is 0 Å². The first-order valence-corrected chi connectivity index (χ1v) is 14.2. The molecule has 0 heterocycles. The van der Waals surface area contributed by atoms with Gasteiger partial charge in [-0.25, -0.2) is 13.6 Å². The number of benzene rings is 3. The van der Waals surface area contributed by atoms with E-state index in [4.69, 9.17) is 45.7 Å². The number of carbonyl (C=O) groups excluding carboxylic acids is 1. The highest BCUT2D eigenvalue weighted by Crippen LogP contribution is 2.21. The lowest BCUT2D eigenvalue weighted by Gasteiger charge is -2.09.